The number of furan rings is 1. The molecular formula is C25H24FN3O3. The topological polar surface area (TPSA) is 68.3 Å². The maximum absolute atomic E-state index is 13.4. The Morgan fingerprint density at radius 1 is 1.19 bits per heavy atom. The van der Waals surface area contributed by atoms with Crippen molar-refractivity contribution in [2.45, 2.75) is 39.9 Å². The Morgan fingerprint density at radius 2 is 1.94 bits per heavy atom. The molecule has 0 saturated carbocycles. The maximum atomic E-state index is 13.4. The third-order valence-corrected chi connectivity index (χ3v) is 5.55. The highest BCUT2D eigenvalue weighted by Crippen LogP contribution is 2.25. The van der Waals surface area contributed by atoms with Crippen LogP contribution in [0.25, 0.3) is 10.9 Å². The van der Waals surface area contributed by atoms with Crippen LogP contribution in [0.1, 0.15) is 47.4 Å². The first-order valence-corrected chi connectivity index (χ1v) is 10.5. The zero-order valence-electron chi connectivity index (χ0n) is 18.2. The van der Waals surface area contributed by atoms with Gasteiger partial charge < -0.3 is 9.32 Å². The lowest BCUT2D eigenvalue weighted by atomic mass is 10.1. The fourth-order valence-electron chi connectivity index (χ4n) is 3.83. The van der Waals surface area contributed by atoms with Gasteiger partial charge in [-0.1, -0.05) is 11.6 Å². The number of halogens is 1. The molecule has 0 fully saturated rings. The van der Waals surface area contributed by atoms with E-state index in [0.29, 0.717) is 34.6 Å². The highest BCUT2D eigenvalue weighted by Gasteiger charge is 2.28. The van der Waals surface area contributed by atoms with E-state index in [1.165, 1.54) is 24.3 Å². The minimum absolute atomic E-state index is 0.143. The molecule has 1 unspecified atom stereocenters. The summed E-state index contributed by atoms with van der Waals surface area (Å²) in [4.78, 5) is 33.0. The molecule has 0 saturated heterocycles. The standard InChI is InChI=1S/C25H24FN3O3/c1-4-28-23(27-22-12-7-16(2)14-21(22)25(28)31)17(3)29(15-20-6-5-13-32-20)24(30)18-8-10-19(26)11-9-18/h5-14,17H,4,15H2,1-3H3. The van der Waals surface area contributed by atoms with Crippen LogP contribution in [0, 0.1) is 12.7 Å². The van der Waals surface area contributed by atoms with Crippen LogP contribution in [-0.4, -0.2) is 20.4 Å². The first-order chi connectivity index (χ1) is 15.4. The van der Waals surface area contributed by atoms with Gasteiger partial charge in [0.1, 0.15) is 17.4 Å². The molecule has 0 aliphatic carbocycles. The van der Waals surface area contributed by atoms with E-state index in [0.717, 1.165) is 5.56 Å². The van der Waals surface area contributed by atoms with Crippen LogP contribution in [0.3, 0.4) is 0 Å². The molecule has 4 aromatic rings. The largest absolute Gasteiger partial charge is 0.467 e. The maximum Gasteiger partial charge on any atom is 0.261 e. The summed E-state index contributed by atoms with van der Waals surface area (Å²) in [5.41, 5.74) is 1.76. The summed E-state index contributed by atoms with van der Waals surface area (Å²) < 4.78 is 20.5. The predicted molar refractivity (Wildman–Crippen MR) is 120 cm³/mol. The Kier molecular flexibility index (Phi) is 5.90. The van der Waals surface area contributed by atoms with Crippen LogP contribution in [0.5, 0.6) is 0 Å². The Labute approximate surface area is 184 Å². The summed E-state index contributed by atoms with van der Waals surface area (Å²) in [6.07, 6.45) is 1.54. The van der Waals surface area contributed by atoms with E-state index in [1.807, 2.05) is 39.0 Å². The molecule has 2 aromatic heterocycles. The quantitative estimate of drug-likeness (QED) is 0.435. The second-order valence-electron chi connectivity index (χ2n) is 7.74. The van der Waals surface area contributed by atoms with Crippen LogP contribution in [0.15, 0.2) is 70.1 Å². The van der Waals surface area contributed by atoms with Gasteiger partial charge in [-0.05, 0) is 69.3 Å². The average molecular weight is 433 g/mol. The van der Waals surface area contributed by atoms with Crippen molar-refractivity contribution < 1.29 is 13.6 Å². The second-order valence-corrected chi connectivity index (χ2v) is 7.74. The molecule has 1 atom stereocenters. The van der Waals surface area contributed by atoms with Crippen molar-refractivity contribution in [1.29, 1.82) is 0 Å². The van der Waals surface area contributed by atoms with Gasteiger partial charge in [-0.2, -0.15) is 0 Å². The van der Waals surface area contributed by atoms with E-state index >= 15 is 0 Å². The van der Waals surface area contributed by atoms with Gasteiger partial charge in [0.15, 0.2) is 0 Å². The molecule has 32 heavy (non-hydrogen) atoms. The zero-order chi connectivity index (χ0) is 22.8. The van der Waals surface area contributed by atoms with Gasteiger partial charge in [0.05, 0.1) is 29.8 Å². The normalized spacial score (nSPS) is 12.1. The van der Waals surface area contributed by atoms with Crippen molar-refractivity contribution in [2.75, 3.05) is 0 Å². The first-order valence-electron chi connectivity index (χ1n) is 10.5. The number of nitrogens with zero attached hydrogens (tertiary/aromatic N) is 3. The molecule has 0 N–H and O–H groups in total. The molecule has 0 bridgehead atoms. The van der Waals surface area contributed by atoms with Crippen LogP contribution in [-0.2, 0) is 13.1 Å². The van der Waals surface area contributed by atoms with E-state index in [9.17, 15) is 14.0 Å². The summed E-state index contributed by atoms with van der Waals surface area (Å²) in [5.74, 6) is 0.346. The molecule has 164 valence electrons. The van der Waals surface area contributed by atoms with Crippen molar-refractivity contribution in [3.63, 3.8) is 0 Å². The van der Waals surface area contributed by atoms with Gasteiger partial charge in [-0.15, -0.1) is 0 Å². The number of carbonyl (C=O) groups excluding carboxylic acids is 1. The van der Waals surface area contributed by atoms with Crippen molar-refractivity contribution in [2.24, 2.45) is 0 Å². The molecule has 0 aliphatic heterocycles. The molecule has 2 aromatic carbocycles. The summed E-state index contributed by atoms with van der Waals surface area (Å²) in [6.45, 7) is 6.22. The van der Waals surface area contributed by atoms with Gasteiger partial charge in [0.25, 0.3) is 11.5 Å². The van der Waals surface area contributed by atoms with E-state index in [-0.39, 0.29) is 18.0 Å². The van der Waals surface area contributed by atoms with Crippen molar-refractivity contribution in [3.8, 4) is 0 Å². The number of aryl methyl sites for hydroxylation is 1. The molecular weight excluding hydrogens is 409 g/mol. The highest BCUT2D eigenvalue weighted by atomic mass is 19.1. The molecule has 4 rings (SSSR count). The zero-order valence-corrected chi connectivity index (χ0v) is 18.2. The molecule has 0 spiro atoms. The molecule has 0 aliphatic rings. The summed E-state index contributed by atoms with van der Waals surface area (Å²) in [7, 11) is 0. The monoisotopic (exact) mass is 433 g/mol. The smallest absolute Gasteiger partial charge is 0.261 e. The van der Waals surface area contributed by atoms with E-state index in [1.54, 1.807) is 27.9 Å². The summed E-state index contributed by atoms with van der Waals surface area (Å²) in [6, 6.07) is 13.9. The fourth-order valence-corrected chi connectivity index (χ4v) is 3.83. The molecule has 6 nitrogen and oxygen atoms in total. The van der Waals surface area contributed by atoms with Gasteiger partial charge in [-0.3, -0.25) is 14.2 Å². The van der Waals surface area contributed by atoms with Gasteiger partial charge in [0.2, 0.25) is 0 Å². The van der Waals surface area contributed by atoms with Crippen LogP contribution >= 0.6 is 0 Å². The number of amides is 1. The number of carbonyl (C=O) groups is 1. The van der Waals surface area contributed by atoms with Crippen LogP contribution in [0.4, 0.5) is 4.39 Å². The molecule has 0 radical (unpaired) electrons. The summed E-state index contributed by atoms with van der Waals surface area (Å²) >= 11 is 0. The Hall–Kier alpha value is -3.74. The minimum Gasteiger partial charge on any atom is -0.467 e. The van der Waals surface area contributed by atoms with E-state index in [2.05, 4.69) is 0 Å². The number of hydrogen-bond acceptors (Lipinski definition) is 4. The Bertz CT molecular complexity index is 1310. The minimum atomic E-state index is -0.545. The Balaban J connectivity index is 1.83. The van der Waals surface area contributed by atoms with Gasteiger partial charge in [-0.25, -0.2) is 9.37 Å². The number of rotatable bonds is 6. The lowest BCUT2D eigenvalue weighted by Gasteiger charge is -2.30. The third kappa shape index (κ3) is 4.06. The van der Waals surface area contributed by atoms with Crippen molar-refractivity contribution in [1.82, 2.24) is 14.5 Å². The lowest BCUT2D eigenvalue weighted by Crippen LogP contribution is -2.37. The van der Waals surface area contributed by atoms with Crippen LogP contribution < -0.4 is 5.56 Å². The van der Waals surface area contributed by atoms with Crippen LogP contribution in [0.2, 0.25) is 0 Å². The van der Waals surface area contributed by atoms with Crippen molar-refractivity contribution in [3.05, 3.63) is 99.7 Å². The predicted octanol–water partition coefficient (Wildman–Crippen LogP) is 4.86. The van der Waals surface area contributed by atoms with E-state index in [4.69, 9.17) is 9.40 Å². The molecule has 1 amide bonds. The Morgan fingerprint density at radius 3 is 2.59 bits per heavy atom. The second kappa shape index (κ2) is 8.78. The van der Waals surface area contributed by atoms with E-state index < -0.39 is 11.9 Å². The number of benzene rings is 2. The number of aromatic nitrogens is 2. The number of hydrogen-bond donors (Lipinski definition) is 0. The SMILES string of the molecule is CCn1c(C(C)N(Cc2ccco2)C(=O)c2ccc(F)cc2)nc2ccc(C)cc2c1=O. The first kappa shape index (κ1) is 21.5. The van der Waals surface area contributed by atoms with Gasteiger partial charge >= 0.3 is 0 Å². The summed E-state index contributed by atoms with van der Waals surface area (Å²) in [5, 5.41) is 0.547. The third-order valence-electron chi connectivity index (χ3n) is 5.55. The van der Waals surface area contributed by atoms with Crippen molar-refractivity contribution >= 4 is 16.8 Å². The average Bonchev–Trinajstić information content (AvgIpc) is 3.31. The fraction of sp³-hybridized carbons (Fsp3) is 0.240. The molecule has 2 heterocycles. The lowest BCUT2D eigenvalue weighted by molar-refractivity contribution is 0.0646. The highest BCUT2D eigenvalue weighted by molar-refractivity contribution is 5.94. The number of fused-ring (bicyclic) bond motifs is 1. The molecule has 7 heteroatoms. The van der Waals surface area contributed by atoms with Gasteiger partial charge in [0, 0.05) is 12.1 Å².